The summed E-state index contributed by atoms with van der Waals surface area (Å²) in [6, 6.07) is 0. The summed E-state index contributed by atoms with van der Waals surface area (Å²) in [5.74, 6) is -1.08. The molecule has 0 aromatic carbocycles. The van der Waals surface area contributed by atoms with Crippen LogP contribution in [0.2, 0.25) is 0 Å². The molecule has 0 rings (SSSR count). The zero-order valence-corrected chi connectivity index (χ0v) is 2.32. The molecule has 2 heteroatoms. The van der Waals surface area contributed by atoms with E-state index in [1.165, 1.54) is 0 Å². The smallest absolute Gasteiger partial charge is 0.0383 e. The Morgan fingerprint density at radius 1 is 2.00 bits per heavy atom. The Bertz CT molecular complexity index is 27.0. The standard InChI is InChI=1S/C2H4O2/c1-2(3)4/h1H3,(H,3,4)/p-1/i1-1. The van der Waals surface area contributed by atoms with Crippen LogP contribution in [0.3, 0.4) is 0 Å². The van der Waals surface area contributed by atoms with E-state index in [9.17, 15) is 0 Å². The van der Waals surface area contributed by atoms with Crippen molar-refractivity contribution in [3.8, 4) is 0 Å². The van der Waals surface area contributed by atoms with Gasteiger partial charge in [0.1, 0.15) is 0 Å². The van der Waals surface area contributed by atoms with Crippen molar-refractivity contribution >= 4 is 5.97 Å². The molecule has 0 heterocycles. The number of carboxylic acids is 1. The number of hydrogen-bond acceptors (Lipinski definition) is 2. The van der Waals surface area contributed by atoms with Crippen LogP contribution < -0.4 is 5.11 Å². The van der Waals surface area contributed by atoms with Crippen LogP contribution >= 0.6 is 0 Å². The van der Waals surface area contributed by atoms with Gasteiger partial charge < -0.3 is 9.90 Å². The summed E-state index contributed by atoms with van der Waals surface area (Å²) >= 11 is 0. The maximum Gasteiger partial charge on any atom is 0.0383 e. The van der Waals surface area contributed by atoms with Gasteiger partial charge in [-0.15, -0.1) is 0 Å². The minimum absolute atomic E-state index is 0.972. The molecule has 24 valence electrons. The molecule has 0 radical (unpaired) electrons. The quantitative estimate of drug-likeness (QED) is 0.349. The summed E-state index contributed by atoms with van der Waals surface area (Å²) in [6.07, 6.45) is 0. The molecule has 0 aromatic rings. The number of carbonyl (C=O) groups excluding carboxylic acids is 1. The van der Waals surface area contributed by atoms with Crippen molar-refractivity contribution in [2.24, 2.45) is 0 Å². The van der Waals surface area contributed by atoms with Gasteiger partial charge in [-0.3, -0.25) is 0 Å². The van der Waals surface area contributed by atoms with Crippen LogP contribution in [0, 0.1) is 0 Å². The number of aliphatic carboxylic acids is 1. The molecule has 0 N–H and O–H groups in total. The first kappa shape index (κ1) is 3.47. The minimum Gasteiger partial charge on any atom is -0.550 e. The molecule has 0 amide bonds. The Balaban J connectivity index is 2.80. The maximum absolute atomic E-state index is 8.89. The fourth-order valence-electron chi connectivity index (χ4n) is 0. The highest BCUT2D eigenvalue weighted by Gasteiger charge is 1.46. The molecular formula is C2H3O2-. The van der Waals surface area contributed by atoms with E-state index >= 15 is 0 Å². The lowest BCUT2D eigenvalue weighted by atomic mass is 10.3. The van der Waals surface area contributed by atoms with Crippen molar-refractivity contribution in [3.05, 3.63) is 0 Å². The van der Waals surface area contributed by atoms with Gasteiger partial charge in [0, 0.05) is 5.97 Å². The molecule has 0 fully saturated rings. The Labute approximate surface area is 24.1 Å². The molecule has 0 spiro atoms. The molecule has 0 aromatic heterocycles. The van der Waals surface area contributed by atoms with Crippen molar-refractivity contribution in [2.75, 3.05) is 0 Å². The fraction of sp³-hybridized carbons (Fsp3) is 0.500. The van der Waals surface area contributed by atoms with Gasteiger partial charge in [-0.25, -0.2) is 0 Å². The number of rotatable bonds is 0. The van der Waals surface area contributed by atoms with Crippen LogP contribution in [0.15, 0.2) is 0 Å². The van der Waals surface area contributed by atoms with Crippen LogP contribution in [0.4, 0.5) is 0 Å². The van der Waals surface area contributed by atoms with E-state index in [-0.39, 0.29) is 0 Å². The van der Waals surface area contributed by atoms with E-state index < -0.39 is 5.97 Å². The third-order valence-corrected chi connectivity index (χ3v) is 0. The van der Waals surface area contributed by atoms with Crippen molar-refractivity contribution in [1.82, 2.24) is 0 Å². The average Bonchev–Trinajstić information content (AvgIpc) is 0.811. The highest BCUT2D eigenvalue weighted by Crippen LogP contribution is 1.31. The zero-order valence-electron chi connectivity index (χ0n) is 2.32. The fourth-order valence-corrected chi connectivity index (χ4v) is 0. The Morgan fingerprint density at radius 3 is 2.00 bits per heavy atom. The second-order valence-corrected chi connectivity index (χ2v) is 0.492. The number of hydrogen-bond donors (Lipinski definition) is 0. The van der Waals surface area contributed by atoms with Crippen LogP contribution in [0.5, 0.6) is 0 Å². The summed E-state index contributed by atoms with van der Waals surface area (Å²) in [7, 11) is 0. The van der Waals surface area contributed by atoms with E-state index in [1.807, 2.05) is 0 Å². The molecule has 0 saturated heterocycles. The predicted molar refractivity (Wildman–Crippen MR) is 10.7 cm³/mol. The molecular weight excluding hydrogens is 55.0 g/mol. The molecule has 4 heavy (non-hydrogen) atoms. The third kappa shape index (κ3) is 1.16. The van der Waals surface area contributed by atoms with Crippen molar-refractivity contribution < 1.29 is 9.90 Å². The molecule has 0 aliphatic rings. The minimum atomic E-state index is -1.08. The summed E-state index contributed by atoms with van der Waals surface area (Å²) in [5, 5.41) is 8.89. The second kappa shape index (κ2) is 0.875. The molecule has 0 aliphatic heterocycles. The molecule has 2 nitrogen and oxygen atoms in total. The van der Waals surface area contributed by atoms with E-state index in [2.05, 4.69) is 0 Å². The van der Waals surface area contributed by atoms with E-state index in [1.54, 1.807) is 0 Å². The monoisotopic (exact) mass is 58.0 g/mol. The van der Waals surface area contributed by atoms with Gasteiger partial charge in [0.25, 0.3) is 0 Å². The van der Waals surface area contributed by atoms with Gasteiger partial charge in [0.05, 0.1) is 0 Å². The molecule has 0 atom stereocenters. The third-order valence-electron chi connectivity index (χ3n) is 0. The topological polar surface area (TPSA) is 40.1 Å². The molecule has 0 unspecified atom stereocenters. The molecule has 0 bridgehead atoms. The van der Waals surface area contributed by atoms with E-state index in [4.69, 9.17) is 9.90 Å². The summed E-state index contributed by atoms with van der Waals surface area (Å²) in [4.78, 5) is 8.89. The Hall–Kier alpha value is -0.530. The lowest BCUT2D eigenvalue weighted by Crippen LogP contribution is -2.16. The Kier molecular flexibility index (Phi) is 0.759. The van der Waals surface area contributed by atoms with E-state index in [0.717, 1.165) is 6.92 Å². The second-order valence-electron chi connectivity index (χ2n) is 0.492. The zero-order chi connectivity index (χ0) is 3.58. The molecule has 0 saturated carbocycles. The van der Waals surface area contributed by atoms with Crippen LogP contribution in [-0.4, -0.2) is 5.97 Å². The Morgan fingerprint density at radius 2 is 2.00 bits per heavy atom. The van der Waals surface area contributed by atoms with Crippen molar-refractivity contribution in [1.29, 1.82) is 0 Å². The first-order valence-corrected chi connectivity index (χ1v) is 0.908. The normalized spacial score (nSPS) is 6.25. The summed E-state index contributed by atoms with van der Waals surface area (Å²) in [5.41, 5.74) is 0. The van der Waals surface area contributed by atoms with Gasteiger partial charge in [-0.1, -0.05) is 0 Å². The van der Waals surface area contributed by atoms with Gasteiger partial charge >= 0.3 is 0 Å². The number of carbonyl (C=O) groups is 1. The van der Waals surface area contributed by atoms with Crippen molar-refractivity contribution in [3.63, 3.8) is 0 Å². The van der Waals surface area contributed by atoms with Gasteiger partial charge in [0.15, 0.2) is 0 Å². The van der Waals surface area contributed by atoms with E-state index in [0.29, 0.717) is 0 Å². The average molecular weight is 58.0 g/mol. The van der Waals surface area contributed by atoms with Gasteiger partial charge in [-0.05, 0) is 6.92 Å². The first-order chi connectivity index (χ1) is 1.73. The highest BCUT2D eigenvalue weighted by atomic mass is 16.4. The van der Waals surface area contributed by atoms with Crippen LogP contribution in [0.1, 0.15) is 6.92 Å². The first-order valence-electron chi connectivity index (χ1n) is 0.908. The summed E-state index contributed by atoms with van der Waals surface area (Å²) in [6.45, 7) is 0.972. The lowest BCUT2D eigenvalue weighted by molar-refractivity contribution is -0.302. The lowest BCUT2D eigenvalue weighted by Gasteiger charge is -1.77. The number of carboxylic acid groups (broad SMARTS) is 1. The van der Waals surface area contributed by atoms with Crippen molar-refractivity contribution in [2.45, 2.75) is 6.92 Å². The van der Waals surface area contributed by atoms with Crippen LogP contribution in [0.25, 0.3) is 0 Å². The van der Waals surface area contributed by atoms with Gasteiger partial charge in [-0.2, -0.15) is 0 Å². The summed E-state index contributed by atoms with van der Waals surface area (Å²) < 4.78 is 0. The molecule has 0 aliphatic carbocycles. The SMILES string of the molecule is [11CH3]C(=O)[O-]. The van der Waals surface area contributed by atoms with Gasteiger partial charge in [0.2, 0.25) is 0 Å². The van der Waals surface area contributed by atoms with Crippen LogP contribution in [-0.2, 0) is 4.79 Å². The maximum atomic E-state index is 8.89. The predicted octanol–water partition coefficient (Wildman–Crippen LogP) is -1.24. The largest absolute Gasteiger partial charge is 0.550 e. The highest BCUT2D eigenvalue weighted by molar-refractivity contribution is 5.60.